The molecule has 16 heavy (non-hydrogen) atoms. The summed E-state index contributed by atoms with van der Waals surface area (Å²) in [6.45, 7) is 5.17. The molecule has 1 rings (SSSR count). The number of pyridine rings is 1. The highest BCUT2D eigenvalue weighted by molar-refractivity contribution is 5.71. The van der Waals surface area contributed by atoms with Crippen LogP contribution in [0.25, 0.3) is 0 Å². The van der Waals surface area contributed by atoms with Crippen LogP contribution in [-0.2, 0) is 16.1 Å². The molecular weight excluding hydrogens is 204 g/mol. The van der Waals surface area contributed by atoms with Gasteiger partial charge in [0.15, 0.2) is 0 Å². The first-order valence-corrected chi connectivity index (χ1v) is 5.33. The molecule has 0 aromatic carbocycles. The Hall–Kier alpha value is -1.42. The van der Waals surface area contributed by atoms with Gasteiger partial charge in [-0.3, -0.25) is 14.7 Å². The van der Waals surface area contributed by atoms with Gasteiger partial charge in [-0.05, 0) is 31.5 Å². The summed E-state index contributed by atoms with van der Waals surface area (Å²) in [5.41, 5.74) is 1.15. The summed E-state index contributed by atoms with van der Waals surface area (Å²) in [4.78, 5) is 17.3. The molecule has 1 aromatic heterocycles. The van der Waals surface area contributed by atoms with Crippen molar-refractivity contribution < 1.29 is 9.53 Å². The van der Waals surface area contributed by atoms with Crippen molar-refractivity contribution in [1.82, 2.24) is 9.88 Å². The van der Waals surface area contributed by atoms with Gasteiger partial charge in [0, 0.05) is 25.0 Å². The van der Waals surface area contributed by atoms with E-state index in [4.69, 9.17) is 0 Å². The summed E-state index contributed by atoms with van der Waals surface area (Å²) in [6.07, 6.45) is 3.51. The third-order valence-corrected chi connectivity index (χ3v) is 2.43. The maximum atomic E-state index is 11.2. The second-order valence-electron chi connectivity index (χ2n) is 3.93. The zero-order valence-corrected chi connectivity index (χ0v) is 10.0. The van der Waals surface area contributed by atoms with Crippen LogP contribution in [-0.4, -0.2) is 35.5 Å². The number of nitrogens with zero attached hydrogens (tertiary/aromatic N) is 2. The minimum atomic E-state index is -0.206. The van der Waals surface area contributed by atoms with Gasteiger partial charge in [0.2, 0.25) is 0 Å². The van der Waals surface area contributed by atoms with Gasteiger partial charge in [0.1, 0.15) is 0 Å². The maximum Gasteiger partial charge on any atom is 0.319 e. The molecular formula is C12H18N2O2. The smallest absolute Gasteiger partial charge is 0.319 e. The molecule has 1 aromatic rings. The molecule has 0 N–H and O–H groups in total. The molecule has 0 unspecified atom stereocenters. The van der Waals surface area contributed by atoms with Crippen molar-refractivity contribution in [2.75, 3.05) is 13.7 Å². The SMILES string of the molecule is COC(=O)CN(Cc1ccncc1)C(C)C. The van der Waals surface area contributed by atoms with E-state index in [-0.39, 0.29) is 5.97 Å². The van der Waals surface area contributed by atoms with Crippen LogP contribution >= 0.6 is 0 Å². The van der Waals surface area contributed by atoms with Crippen molar-refractivity contribution in [2.24, 2.45) is 0 Å². The van der Waals surface area contributed by atoms with E-state index in [0.29, 0.717) is 12.6 Å². The highest BCUT2D eigenvalue weighted by atomic mass is 16.5. The summed E-state index contributed by atoms with van der Waals surface area (Å²) in [5, 5.41) is 0. The average Bonchev–Trinajstić information content (AvgIpc) is 2.29. The van der Waals surface area contributed by atoms with E-state index in [1.807, 2.05) is 12.1 Å². The number of ether oxygens (including phenoxy) is 1. The predicted molar refractivity (Wildman–Crippen MR) is 61.8 cm³/mol. The third-order valence-electron chi connectivity index (χ3n) is 2.43. The van der Waals surface area contributed by atoms with Crippen LogP contribution in [0, 0.1) is 0 Å². The van der Waals surface area contributed by atoms with E-state index < -0.39 is 0 Å². The molecule has 0 amide bonds. The lowest BCUT2D eigenvalue weighted by atomic mass is 10.2. The van der Waals surface area contributed by atoms with Gasteiger partial charge in [0.25, 0.3) is 0 Å². The fraction of sp³-hybridized carbons (Fsp3) is 0.500. The Balaban J connectivity index is 2.62. The Morgan fingerprint density at radius 1 is 1.44 bits per heavy atom. The number of methoxy groups -OCH3 is 1. The first kappa shape index (κ1) is 12.6. The van der Waals surface area contributed by atoms with Crippen molar-refractivity contribution >= 4 is 5.97 Å². The van der Waals surface area contributed by atoms with Crippen molar-refractivity contribution in [2.45, 2.75) is 26.4 Å². The lowest BCUT2D eigenvalue weighted by Crippen LogP contribution is -2.35. The van der Waals surface area contributed by atoms with Gasteiger partial charge >= 0.3 is 5.97 Å². The predicted octanol–water partition coefficient (Wildman–Crippen LogP) is 1.46. The molecule has 4 nitrogen and oxygen atoms in total. The standard InChI is InChI=1S/C12H18N2O2/c1-10(2)14(9-12(15)16-3)8-11-4-6-13-7-5-11/h4-7,10H,8-9H2,1-3H3. The van der Waals surface area contributed by atoms with Gasteiger partial charge in [-0.1, -0.05) is 0 Å². The number of carbonyl (C=O) groups is 1. The minimum Gasteiger partial charge on any atom is -0.468 e. The Morgan fingerprint density at radius 3 is 2.56 bits per heavy atom. The third kappa shape index (κ3) is 3.98. The Bertz CT molecular complexity index is 325. The number of rotatable bonds is 5. The second kappa shape index (κ2) is 6.23. The van der Waals surface area contributed by atoms with Gasteiger partial charge in [-0.15, -0.1) is 0 Å². The maximum absolute atomic E-state index is 11.2. The zero-order chi connectivity index (χ0) is 12.0. The highest BCUT2D eigenvalue weighted by Crippen LogP contribution is 2.07. The lowest BCUT2D eigenvalue weighted by molar-refractivity contribution is -0.142. The topological polar surface area (TPSA) is 42.4 Å². The molecule has 0 spiro atoms. The Kier molecular flexibility index (Phi) is 4.92. The zero-order valence-electron chi connectivity index (χ0n) is 10.0. The van der Waals surface area contributed by atoms with Crippen LogP contribution < -0.4 is 0 Å². The second-order valence-corrected chi connectivity index (χ2v) is 3.93. The Labute approximate surface area is 96.2 Å². The van der Waals surface area contributed by atoms with Crippen LogP contribution in [0.1, 0.15) is 19.4 Å². The number of hydrogen-bond donors (Lipinski definition) is 0. The molecule has 0 aliphatic rings. The Morgan fingerprint density at radius 2 is 2.06 bits per heavy atom. The molecule has 0 atom stereocenters. The van der Waals surface area contributed by atoms with E-state index in [0.717, 1.165) is 12.1 Å². The minimum absolute atomic E-state index is 0.206. The quantitative estimate of drug-likeness (QED) is 0.707. The van der Waals surface area contributed by atoms with Crippen molar-refractivity contribution in [1.29, 1.82) is 0 Å². The van der Waals surface area contributed by atoms with Gasteiger partial charge < -0.3 is 4.74 Å². The number of carbonyl (C=O) groups excluding carboxylic acids is 1. The molecule has 0 bridgehead atoms. The van der Waals surface area contributed by atoms with E-state index in [1.165, 1.54) is 7.11 Å². The summed E-state index contributed by atoms with van der Waals surface area (Å²) >= 11 is 0. The summed E-state index contributed by atoms with van der Waals surface area (Å²) in [6, 6.07) is 4.20. The monoisotopic (exact) mass is 222 g/mol. The fourth-order valence-electron chi connectivity index (χ4n) is 1.37. The van der Waals surface area contributed by atoms with E-state index >= 15 is 0 Å². The highest BCUT2D eigenvalue weighted by Gasteiger charge is 2.14. The van der Waals surface area contributed by atoms with Crippen molar-refractivity contribution in [3.05, 3.63) is 30.1 Å². The average molecular weight is 222 g/mol. The molecule has 0 aliphatic carbocycles. The lowest BCUT2D eigenvalue weighted by Gasteiger charge is -2.25. The number of aromatic nitrogens is 1. The van der Waals surface area contributed by atoms with Gasteiger partial charge in [-0.2, -0.15) is 0 Å². The molecule has 88 valence electrons. The molecule has 0 saturated heterocycles. The largest absolute Gasteiger partial charge is 0.468 e. The number of hydrogen-bond acceptors (Lipinski definition) is 4. The van der Waals surface area contributed by atoms with Crippen LogP contribution in [0.3, 0.4) is 0 Å². The van der Waals surface area contributed by atoms with E-state index in [2.05, 4.69) is 28.5 Å². The van der Waals surface area contributed by atoms with Crippen LogP contribution in [0.15, 0.2) is 24.5 Å². The van der Waals surface area contributed by atoms with Crippen LogP contribution in [0.4, 0.5) is 0 Å². The van der Waals surface area contributed by atoms with Crippen molar-refractivity contribution in [3.8, 4) is 0 Å². The molecule has 4 heteroatoms. The summed E-state index contributed by atoms with van der Waals surface area (Å²) < 4.78 is 4.68. The molecule has 0 saturated carbocycles. The van der Waals surface area contributed by atoms with Gasteiger partial charge in [-0.25, -0.2) is 0 Å². The molecule has 1 heterocycles. The summed E-state index contributed by atoms with van der Waals surface area (Å²) in [5.74, 6) is -0.206. The first-order valence-electron chi connectivity index (χ1n) is 5.33. The van der Waals surface area contributed by atoms with Crippen LogP contribution in [0.2, 0.25) is 0 Å². The first-order chi connectivity index (χ1) is 7.63. The summed E-state index contributed by atoms with van der Waals surface area (Å²) in [7, 11) is 1.41. The number of esters is 1. The van der Waals surface area contributed by atoms with E-state index in [9.17, 15) is 4.79 Å². The van der Waals surface area contributed by atoms with Crippen LogP contribution in [0.5, 0.6) is 0 Å². The molecule has 0 fully saturated rings. The van der Waals surface area contributed by atoms with E-state index in [1.54, 1.807) is 12.4 Å². The van der Waals surface area contributed by atoms with Crippen molar-refractivity contribution in [3.63, 3.8) is 0 Å². The molecule has 0 aliphatic heterocycles. The molecule has 0 radical (unpaired) electrons. The van der Waals surface area contributed by atoms with Gasteiger partial charge in [0.05, 0.1) is 13.7 Å². The normalized spacial score (nSPS) is 10.8. The fourth-order valence-corrected chi connectivity index (χ4v) is 1.37.